The van der Waals surface area contributed by atoms with E-state index in [1.165, 1.54) is 18.2 Å². The van der Waals surface area contributed by atoms with Gasteiger partial charge in [-0.1, -0.05) is 35.9 Å². The van der Waals surface area contributed by atoms with Crippen LogP contribution < -0.4 is 4.74 Å². The number of aldehydes is 1. The van der Waals surface area contributed by atoms with Crippen LogP contribution in [0.15, 0.2) is 48.5 Å². The number of hydrogen-bond donors (Lipinski definition) is 0. The molecule has 0 radical (unpaired) electrons. The number of rotatable bonds is 5. The Hall–Kier alpha value is -2.01. The van der Waals surface area contributed by atoms with E-state index in [0.717, 1.165) is 11.8 Å². The highest BCUT2D eigenvalue weighted by atomic mass is 35.5. The predicted octanol–water partition coefficient (Wildman–Crippen LogP) is 4.96. The van der Waals surface area contributed by atoms with Gasteiger partial charge in [-0.15, -0.1) is 13.2 Å². The molecule has 22 heavy (non-hydrogen) atoms. The van der Waals surface area contributed by atoms with Crippen LogP contribution >= 0.6 is 11.6 Å². The fraction of sp³-hybridized carbons (Fsp3) is 0.188. The van der Waals surface area contributed by atoms with E-state index in [0.29, 0.717) is 10.6 Å². The monoisotopic (exact) mass is 328 g/mol. The first-order valence-electron chi connectivity index (χ1n) is 6.44. The fourth-order valence-electron chi connectivity index (χ4n) is 2.18. The first-order chi connectivity index (χ1) is 10.4. The molecular formula is C16H12ClF3O2. The van der Waals surface area contributed by atoms with Crippen LogP contribution in [0.3, 0.4) is 0 Å². The summed E-state index contributed by atoms with van der Waals surface area (Å²) in [5.41, 5.74) is 1.36. The molecule has 0 aliphatic heterocycles. The Morgan fingerprint density at radius 3 is 2.36 bits per heavy atom. The number of benzene rings is 2. The van der Waals surface area contributed by atoms with Crippen molar-refractivity contribution in [2.24, 2.45) is 0 Å². The molecular weight excluding hydrogens is 317 g/mol. The highest BCUT2D eigenvalue weighted by molar-refractivity contribution is 6.30. The number of carbonyl (C=O) groups excluding carboxylic acids is 1. The Labute approximate surface area is 130 Å². The lowest BCUT2D eigenvalue weighted by Crippen LogP contribution is -2.17. The molecule has 0 aromatic heterocycles. The molecule has 1 atom stereocenters. The van der Waals surface area contributed by atoms with Crippen molar-refractivity contribution in [1.82, 2.24) is 0 Å². The number of halogens is 4. The lowest BCUT2D eigenvalue weighted by molar-refractivity contribution is -0.274. The Kier molecular flexibility index (Phi) is 5.08. The van der Waals surface area contributed by atoms with E-state index in [4.69, 9.17) is 11.6 Å². The van der Waals surface area contributed by atoms with Crippen LogP contribution in [0.5, 0.6) is 5.75 Å². The number of ether oxygens (including phenoxy) is 1. The smallest absolute Gasteiger partial charge is 0.406 e. The van der Waals surface area contributed by atoms with Gasteiger partial charge in [0.1, 0.15) is 12.0 Å². The molecule has 0 aliphatic rings. The van der Waals surface area contributed by atoms with E-state index in [9.17, 15) is 18.0 Å². The molecule has 6 heteroatoms. The van der Waals surface area contributed by atoms with Gasteiger partial charge in [-0.2, -0.15) is 0 Å². The second-order valence-corrected chi connectivity index (χ2v) is 5.06. The van der Waals surface area contributed by atoms with Crippen LogP contribution in [0.1, 0.15) is 23.5 Å². The summed E-state index contributed by atoms with van der Waals surface area (Å²) in [6, 6.07) is 12.5. The molecule has 0 saturated carbocycles. The summed E-state index contributed by atoms with van der Waals surface area (Å²) < 4.78 is 40.8. The quantitative estimate of drug-likeness (QED) is 0.725. The number of alkyl halides is 3. The second kappa shape index (κ2) is 6.83. The highest BCUT2D eigenvalue weighted by Crippen LogP contribution is 2.32. The minimum Gasteiger partial charge on any atom is -0.406 e. The number of carbonyl (C=O) groups is 1. The van der Waals surface area contributed by atoms with E-state index in [1.54, 1.807) is 30.3 Å². The van der Waals surface area contributed by atoms with E-state index < -0.39 is 6.36 Å². The molecule has 0 saturated heterocycles. The summed E-state index contributed by atoms with van der Waals surface area (Å²) in [5.74, 6) is -0.665. The highest BCUT2D eigenvalue weighted by Gasteiger charge is 2.31. The fourth-order valence-corrected chi connectivity index (χ4v) is 2.31. The summed E-state index contributed by atoms with van der Waals surface area (Å²) in [5, 5.41) is 0.544. The van der Waals surface area contributed by atoms with Crippen LogP contribution in [0, 0.1) is 0 Å². The summed E-state index contributed by atoms with van der Waals surface area (Å²) in [6.07, 6.45) is -3.87. The average molecular weight is 329 g/mol. The van der Waals surface area contributed by atoms with Gasteiger partial charge in [-0.3, -0.25) is 0 Å². The van der Waals surface area contributed by atoms with Gasteiger partial charge in [0.05, 0.1) is 0 Å². The second-order valence-electron chi connectivity index (χ2n) is 4.63. The van der Waals surface area contributed by atoms with Crippen LogP contribution in [-0.2, 0) is 4.79 Å². The maximum atomic E-state index is 12.3. The first kappa shape index (κ1) is 16.4. The maximum absolute atomic E-state index is 12.3. The van der Waals surface area contributed by atoms with Crippen LogP contribution in [0.4, 0.5) is 13.2 Å². The molecule has 0 fully saturated rings. The van der Waals surface area contributed by atoms with Gasteiger partial charge < -0.3 is 9.53 Å². The van der Waals surface area contributed by atoms with Crippen molar-refractivity contribution in [2.45, 2.75) is 18.7 Å². The normalized spacial score (nSPS) is 12.7. The summed E-state index contributed by atoms with van der Waals surface area (Å²) in [6.45, 7) is 0. The molecule has 0 amide bonds. The molecule has 0 N–H and O–H groups in total. The zero-order chi connectivity index (χ0) is 16.2. The average Bonchev–Trinajstić information content (AvgIpc) is 2.44. The molecule has 0 heterocycles. The summed E-state index contributed by atoms with van der Waals surface area (Å²) in [7, 11) is 0. The third-order valence-corrected chi connectivity index (χ3v) is 3.35. The van der Waals surface area contributed by atoms with Gasteiger partial charge >= 0.3 is 6.36 Å². The summed E-state index contributed by atoms with van der Waals surface area (Å²) >= 11 is 5.82. The van der Waals surface area contributed by atoms with Gasteiger partial charge in [-0.05, 0) is 35.4 Å². The third kappa shape index (κ3) is 4.49. The Balaban J connectivity index is 2.34. The molecule has 0 aliphatic carbocycles. The first-order valence-corrected chi connectivity index (χ1v) is 6.81. The van der Waals surface area contributed by atoms with Gasteiger partial charge in [0.2, 0.25) is 0 Å². The van der Waals surface area contributed by atoms with Crippen LogP contribution in [-0.4, -0.2) is 12.6 Å². The molecule has 0 bridgehead atoms. The largest absolute Gasteiger partial charge is 0.573 e. The minimum atomic E-state index is -4.75. The van der Waals surface area contributed by atoms with Crippen LogP contribution in [0.25, 0.3) is 0 Å². The Morgan fingerprint density at radius 1 is 1.09 bits per heavy atom. The molecule has 2 aromatic carbocycles. The Morgan fingerprint density at radius 2 is 1.77 bits per heavy atom. The summed E-state index contributed by atoms with van der Waals surface area (Å²) in [4.78, 5) is 10.9. The van der Waals surface area contributed by atoms with Gasteiger partial charge in [-0.25, -0.2) is 0 Å². The molecule has 2 nitrogen and oxygen atoms in total. The van der Waals surface area contributed by atoms with Crippen LogP contribution in [0.2, 0.25) is 5.02 Å². The van der Waals surface area contributed by atoms with E-state index in [2.05, 4.69) is 4.74 Å². The van der Waals surface area contributed by atoms with Crippen molar-refractivity contribution < 1.29 is 22.7 Å². The van der Waals surface area contributed by atoms with Gasteiger partial charge in [0, 0.05) is 17.4 Å². The SMILES string of the molecule is O=CC[C@@H](c1ccc(Cl)cc1)c1cccc(OC(F)(F)F)c1. The molecule has 116 valence electrons. The third-order valence-electron chi connectivity index (χ3n) is 3.10. The lowest BCUT2D eigenvalue weighted by Gasteiger charge is -2.17. The predicted molar refractivity (Wildman–Crippen MR) is 77.1 cm³/mol. The van der Waals surface area contributed by atoms with Gasteiger partial charge in [0.15, 0.2) is 0 Å². The van der Waals surface area contributed by atoms with E-state index in [-0.39, 0.29) is 18.1 Å². The zero-order valence-electron chi connectivity index (χ0n) is 11.3. The molecule has 2 rings (SSSR count). The maximum Gasteiger partial charge on any atom is 0.573 e. The van der Waals surface area contributed by atoms with Crippen molar-refractivity contribution in [2.75, 3.05) is 0 Å². The lowest BCUT2D eigenvalue weighted by atomic mass is 9.89. The number of hydrogen-bond acceptors (Lipinski definition) is 2. The van der Waals surface area contributed by atoms with Crippen molar-refractivity contribution >= 4 is 17.9 Å². The molecule has 2 aromatic rings. The molecule has 0 unspecified atom stereocenters. The van der Waals surface area contributed by atoms with Crippen molar-refractivity contribution in [3.8, 4) is 5.75 Å². The molecule has 0 spiro atoms. The van der Waals surface area contributed by atoms with E-state index >= 15 is 0 Å². The van der Waals surface area contributed by atoms with Crippen molar-refractivity contribution in [1.29, 1.82) is 0 Å². The van der Waals surface area contributed by atoms with E-state index in [1.807, 2.05) is 0 Å². The van der Waals surface area contributed by atoms with Crippen molar-refractivity contribution in [3.05, 3.63) is 64.7 Å². The minimum absolute atomic E-state index is 0.150. The topological polar surface area (TPSA) is 26.3 Å². The van der Waals surface area contributed by atoms with Crippen molar-refractivity contribution in [3.63, 3.8) is 0 Å². The standard InChI is InChI=1S/C16H12ClF3O2/c17-13-6-4-11(5-7-13)15(8-9-21)12-2-1-3-14(10-12)22-16(18,19)20/h1-7,9-10,15H,8H2/t15-/m0/s1. The van der Waals surface area contributed by atoms with Gasteiger partial charge in [0.25, 0.3) is 0 Å². The Bertz CT molecular complexity index is 639. The zero-order valence-corrected chi connectivity index (χ0v) is 12.1.